The summed E-state index contributed by atoms with van der Waals surface area (Å²) in [6.45, 7) is 1.74. The molecule has 1 fully saturated rings. The number of hydrogen-bond donors (Lipinski definition) is 2. The molecule has 8 nitrogen and oxygen atoms in total. The number of carbonyl (C=O) groups excluding carboxylic acids is 1. The first-order chi connectivity index (χ1) is 12.2. The molecule has 140 valence electrons. The molecule has 2 N–H and O–H groups in total. The molecular formula is C16H18N2O6S2. The molecule has 0 aliphatic carbocycles. The Kier molecular flexibility index (Phi) is 4.91. The Bertz CT molecular complexity index is 1020. The Labute approximate surface area is 151 Å². The molecule has 3 rings (SSSR count). The first-order valence-electron chi connectivity index (χ1n) is 7.84. The SMILES string of the molecule is Cc1ccoc1C(=O)Nc1ccc(S(=O)(=O)NC2CCS(=O)(=O)C2)cc1. The first-order valence-corrected chi connectivity index (χ1v) is 11.1. The van der Waals surface area contributed by atoms with Crippen LogP contribution in [0.25, 0.3) is 0 Å². The molecule has 1 aromatic carbocycles. The van der Waals surface area contributed by atoms with Gasteiger partial charge in [-0.05, 0) is 43.7 Å². The zero-order chi connectivity index (χ0) is 18.9. The molecule has 1 amide bonds. The van der Waals surface area contributed by atoms with E-state index in [2.05, 4.69) is 10.0 Å². The maximum atomic E-state index is 12.4. The third-order valence-corrected chi connectivity index (χ3v) is 7.35. The molecule has 2 aromatic rings. The third kappa shape index (κ3) is 4.14. The van der Waals surface area contributed by atoms with Gasteiger partial charge in [0.25, 0.3) is 5.91 Å². The van der Waals surface area contributed by atoms with Gasteiger partial charge in [0, 0.05) is 17.3 Å². The highest BCUT2D eigenvalue weighted by Crippen LogP contribution is 2.19. The molecule has 0 spiro atoms. The van der Waals surface area contributed by atoms with E-state index in [9.17, 15) is 21.6 Å². The lowest BCUT2D eigenvalue weighted by molar-refractivity contribution is 0.0996. The number of aryl methyl sites for hydroxylation is 1. The predicted octanol–water partition coefficient (Wildman–Crippen LogP) is 1.31. The van der Waals surface area contributed by atoms with Crippen LogP contribution in [0.4, 0.5) is 5.69 Å². The van der Waals surface area contributed by atoms with Crippen LogP contribution in [0.5, 0.6) is 0 Å². The summed E-state index contributed by atoms with van der Waals surface area (Å²) in [5, 5.41) is 2.62. The second-order valence-corrected chi connectivity index (χ2v) is 10.1. The van der Waals surface area contributed by atoms with Crippen LogP contribution in [0, 0.1) is 6.92 Å². The highest BCUT2D eigenvalue weighted by Gasteiger charge is 2.31. The van der Waals surface area contributed by atoms with Crippen molar-refractivity contribution in [1.82, 2.24) is 4.72 Å². The van der Waals surface area contributed by atoms with Crippen LogP contribution in [0.2, 0.25) is 0 Å². The molecule has 26 heavy (non-hydrogen) atoms. The van der Waals surface area contributed by atoms with E-state index >= 15 is 0 Å². The summed E-state index contributed by atoms with van der Waals surface area (Å²) in [6.07, 6.45) is 1.67. The summed E-state index contributed by atoms with van der Waals surface area (Å²) >= 11 is 0. The van der Waals surface area contributed by atoms with Gasteiger partial charge in [-0.3, -0.25) is 4.79 Å². The summed E-state index contributed by atoms with van der Waals surface area (Å²) in [7, 11) is -7.01. The van der Waals surface area contributed by atoms with Crippen LogP contribution in [0.3, 0.4) is 0 Å². The molecule has 1 unspecified atom stereocenters. The minimum atomic E-state index is -3.83. The van der Waals surface area contributed by atoms with Gasteiger partial charge in [0.2, 0.25) is 10.0 Å². The van der Waals surface area contributed by atoms with E-state index in [1.165, 1.54) is 30.5 Å². The molecule has 10 heteroatoms. The number of furan rings is 1. The van der Waals surface area contributed by atoms with E-state index in [1.807, 2.05) is 0 Å². The lowest BCUT2D eigenvalue weighted by Gasteiger charge is -2.12. The molecule has 0 bridgehead atoms. The molecule has 0 saturated carbocycles. The maximum absolute atomic E-state index is 12.4. The molecular weight excluding hydrogens is 380 g/mol. The number of sulfonamides is 1. The second kappa shape index (κ2) is 6.86. The third-order valence-electron chi connectivity index (χ3n) is 4.05. The van der Waals surface area contributed by atoms with Crippen molar-refractivity contribution in [2.24, 2.45) is 0 Å². The monoisotopic (exact) mass is 398 g/mol. The predicted molar refractivity (Wildman–Crippen MR) is 95.2 cm³/mol. The molecule has 1 atom stereocenters. The zero-order valence-corrected chi connectivity index (χ0v) is 15.6. The summed E-state index contributed by atoms with van der Waals surface area (Å²) in [6, 6.07) is 6.64. The normalized spacial score (nSPS) is 19.3. The van der Waals surface area contributed by atoms with Gasteiger partial charge in [0.1, 0.15) is 0 Å². The van der Waals surface area contributed by atoms with Crippen molar-refractivity contribution in [2.75, 3.05) is 16.8 Å². The highest BCUT2D eigenvalue weighted by molar-refractivity contribution is 7.92. The number of sulfone groups is 1. The van der Waals surface area contributed by atoms with Crippen LogP contribution >= 0.6 is 0 Å². The van der Waals surface area contributed by atoms with Gasteiger partial charge in [-0.25, -0.2) is 21.6 Å². The first kappa shape index (κ1) is 18.6. The van der Waals surface area contributed by atoms with E-state index in [0.29, 0.717) is 11.3 Å². The topological polar surface area (TPSA) is 123 Å². The van der Waals surface area contributed by atoms with Gasteiger partial charge < -0.3 is 9.73 Å². The van der Waals surface area contributed by atoms with Gasteiger partial charge >= 0.3 is 0 Å². The molecule has 1 aliphatic heterocycles. The smallest absolute Gasteiger partial charge is 0.291 e. The summed E-state index contributed by atoms with van der Waals surface area (Å²) in [5.74, 6) is -0.455. The Hall–Kier alpha value is -2.17. The zero-order valence-electron chi connectivity index (χ0n) is 13.9. The fraction of sp³-hybridized carbons (Fsp3) is 0.312. The average molecular weight is 398 g/mol. The summed E-state index contributed by atoms with van der Waals surface area (Å²) < 4.78 is 55.1. The van der Waals surface area contributed by atoms with E-state index in [1.54, 1.807) is 13.0 Å². The van der Waals surface area contributed by atoms with Crippen LogP contribution in [-0.4, -0.2) is 40.3 Å². The van der Waals surface area contributed by atoms with Gasteiger partial charge in [0.15, 0.2) is 15.6 Å². The van der Waals surface area contributed by atoms with Gasteiger partial charge in [0.05, 0.1) is 22.7 Å². The van der Waals surface area contributed by atoms with Crippen LogP contribution in [0.15, 0.2) is 45.9 Å². The standard InChI is InChI=1S/C16H18N2O6S2/c1-11-6-8-24-15(11)16(19)17-12-2-4-14(5-3-12)26(22,23)18-13-7-9-25(20,21)10-13/h2-6,8,13,18H,7,9-10H2,1H3,(H,17,19). The van der Waals surface area contributed by atoms with E-state index in [0.717, 1.165) is 0 Å². The Morgan fingerprint density at radius 3 is 2.42 bits per heavy atom. The number of rotatable bonds is 5. The van der Waals surface area contributed by atoms with Gasteiger partial charge in [-0.2, -0.15) is 0 Å². The van der Waals surface area contributed by atoms with Crippen LogP contribution < -0.4 is 10.0 Å². The Morgan fingerprint density at radius 1 is 1.19 bits per heavy atom. The van der Waals surface area contributed by atoms with Crippen LogP contribution in [0.1, 0.15) is 22.5 Å². The second-order valence-electron chi connectivity index (χ2n) is 6.13. The van der Waals surface area contributed by atoms with Crippen molar-refractivity contribution in [3.8, 4) is 0 Å². The fourth-order valence-corrected chi connectivity index (χ4v) is 5.74. The van der Waals surface area contributed by atoms with Gasteiger partial charge in [-0.1, -0.05) is 0 Å². The van der Waals surface area contributed by atoms with Crippen molar-refractivity contribution in [3.63, 3.8) is 0 Å². The van der Waals surface area contributed by atoms with Crippen molar-refractivity contribution >= 4 is 31.5 Å². The maximum Gasteiger partial charge on any atom is 0.291 e. The lowest BCUT2D eigenvalue weighted by Crippen LogP contribution is -2.35. The molecule has 1 aromatic heterocycles. The van der Waals surface area contributed by atoms with E-state index in [-0.39, 0.29) is 28.6 Å². The minimum absolute atomic E-state index is 0.00558. The highest BCUT2D eigenvalue weighted by atomic mass is 32.2. The fourth-order valence-electron chi connectivity index (χ4n) is 2.69. The quantitative estimate of drug-likeness (QED) is 0.783. The number of hydrogen-bond acceptors (Lipinski definition) is 6. The molecule has 2 heterocycles. The summed E-state index contributed by atoms with van der Waals surface area (Å²) in [4.78, 5) is 12.1. The molecule has 0 radical (unpaired) electrons. The number of carbonyl (C=O) groups is 1. The largest absolute Gasteiger partial charge is 0.459 e. The number of amides is 1. The molecule has 1 aliphatic rings. The Morgan fingerprint density at radius 2 is 1.88 bits per heavy atom. The number of anilines is 1. The van der Waals surface area contributed by atoms with Crippen LogP contribution in [-0.2, 0) is 19.9 Å². The van der Waals surface area contributed by atoms with E-state index < -0.39 is 31.8 Å². The van der Waals surface area contributed by atoms with Crippen molar-refractivity contribution in [2.45, 2.75) is 24.3 Å². The van der Waals surface area contributed by atoms with Gasteiger partial charge in [-0.15, -0.1) is 0 Å². The van der Waals surface area contributed by atoms with E-state index in [4.69, 9.17) is 4.42 Å². The Balaban J connectivity index is 1.69. The van der Waals surface area contributed by atoms with Crippen molar-refractivity contribution < 1.29 is 26.0 Å². The lowest BCUT2D eigenvalue weighted by atomic mass is 10.2. The molecule has 1 saturated heterocycles. The average Bonchev–Trinajstić information content (AvgIpc) is 3.12. The minimum Gasteiger partial charge on any atom is -0.459 e. The summed E-state index contributed by atoms with van der Waals surface area (Å²) in [5.41, 5.74) is 1.10. The van der Waals surface area contributed by atoms with Crippen molar-refractivity contribution in [3.05, 3.63) is 47.9 Å². The number of benzene rings is 1. The van der Waals surface area contributed by atoms with Crippen molar-refractivity contribution in [1.29, 1.82) is 0 Å². The number of nitrogens with one attached hydrogen (secondary N) is 2.